The van der Waals surface area contributed by atoms with Gasteiger partial charge in [0.05, 0.1) is 0 Å². The zero-order valence-corrected chi connectivity index (χ0v) is 42.7. The Morgan fingerprint density at radius 1 is 0.323 bits per heavy atom. The lowest BCUT2D eigenvalue weighted by atomic mass is 10.1. The lowest BCUT2D eigenvalue weighted by Gasteiger charge is -2.18. The predicted octanol–water partition coefficient (Wildman–Crippen LogP) is 18.2. The van der Waals surface area contributed by atoms with Gasteiger partial charge in [-0.3, -0.25) is 14.4 Å². The Balaban J connectivity index is 4.42. The lowest BCUT2D eigenvalue weighted by molar-refractivity contribution is -0.167. The van der Waals surface area contributed by atoms with Crippen molar-refractivity contribution in [3.63, 3.8) is 0 Å². The topological polar surface area (TPSA) is 78.9 Å². The maximum Gasteiger partial charge on any atom is 0.306 e. The molecule has 0 saturated carbocycles. The summed E-state index contributed by atoms with van der Waals surface area (Å²) >= 11 is 0. The summed E-state index contributed by atoms with van der Waals surface area (Å²) in [6.07, 6.45) is 67.5. The molecule has 0 rings (SSSR count). The Labute approximate surface area is 402 Å². The molecule has 0 aromatic rings. The second-order valence-corrected chi connectivity index (χ2v) is 18.2. The van der Waals surface area contributed by atoms with Gasteiger partial charge in [0.1, 0.15) is 13.2 Å². The first kappa shape index (κ1) is 61.9. The minimum Gasteiger partial charge on any atom is -0.462 e. The van der Waals surface area contributed by atoms with Crippen LogP contribution in [-0.4, -0.2) is 37.2 Å². The van der Waals surface area contributed by atoms with Crippen LogP contribution in [0.1, 0.15) is 265 Å². The van der Waals surface area contributed by atoms with Crippen molar-refractivity contribution in [2.24, 2.45) is 0 Å². The average molecular weight is 907 g/mol. The Hall–Kier alpha value is -3.15. The molecule has 0 aliphatic heterocycles. The fourth-order valence-electron chi connectivity index (χ4n) is 7.54. The van der Waals surface area contributed by atoms with E-state index in [2.05, 4.69) is 93.7 Å². The average Bonchev–Trinajstić information content (AvgIpc) is 3.30. The molecule has 0 fully saturated rings. The summed E-state index contributed by atoms with van der Waals surface area (Å²) in [5.41, 5.74) is 0. The van der Waals surface area contributed by atoms with Gasteiger partial charge in [-0.25, -0.2) is 0 Å². The minimum absolute atomic E-state index is 0.0963. The van der Waals surface area contributed by atoms with Crippen LogP contribution in [0.25, 0.3) is 0 Å². The molecule has 0 aliphatic carbocycles. The number of carbonyl (C=O) groups excluding carboxylic acids is 3. The summed E-state index contributed by atoms with van der Waals surface area (Å²) in [4.78, 5) is 38.0. The Bertz CT molecular complexity index is 1230. The molecule has 0 aromatic carbocycles. The van der Waals surface area contributed by atoms with Crippen LogP contribution in [0.3, 0.4) is 0 Å². The number of carbonyl (C=O) groups is 3. The van der Waals surface area contributed by atoms with Crippen LogP contribution >= 0.6 is 0 Å². The van der Waals surface area contributed by atoms with Crippen molar-refractivity contribution in [3.05, 3.63) is 72.9 Å². The molecule has 0 amide bonds. The molecule has 1 unspecified atom stereocenters. The SMILES string of the molecule is CCCCC/C=C\C=C/CCCCCCCCCCCCC(=O)OCC(COC(=O)CCCCCCCCCCCCC)OC(=O)CCC/C=C\C/C=C\C/C=C\C/C=C\CCCCC. The Morgan fingerprint density at radius 3 is 1.03 bits per heavy atom. The number of unbranched alkanes of at least 4 members (excludes halogenated alkanes) is 27. The normalized spacial score (nSPS) is 12.6. The van der Waals surface area contributed by atoms with Crippen molar-refractivity contribution in [1.82, 2.24) is 0 Å². The lowest BCUT2D eigenvalue weighted by Crippen LogP contribution is -2.30. The number of hydrogen-bond acceptors (Lipinski definition) is 6. The van der Waals surface area contributed by atoms with E-state index in [1.807, 2.05) is 0 Å². The maximum atomic E-state index is 12.8. The molecule has 0 heterocycles. The standard InChI is InChI=1S/C59H102O6/c1-4-7-10-13-16-19-22-24-26-28-29-31-32-34-37-40-43-46-49-52-58(61)64-55-56(54-63-57(60)51-48-45-42-39-36-21-18-15-12-9-6-3)65-59(62)53-50-47-44-41-38-35-33-30-27-25-23-20-17-14-11-8-5-2/h16-17,19-20,22,24-25,27,33,35,41,44,56H,4-15,18,21,23,26,28-32,34,36-40,42-43,45-55H2,1-3H3/b19-16-,20-17-,24-22-,27-25-,35-33-,44-41-. The quantitative estimate of drug-likeness (QED) is 0.0199. The summed E-state index contributed by atoms with van der Waals surface area (Å²) in [5.74, 6) is -0.952. The third kappa shape index (κ3) is 51.7. The smallest absolute Gasteiger partial charge is 0.306 e. The molecular formula is C59H102O6. The van der Waals surface area contributed by atoms with Gasteiger partial charge < -0.3 is 14.2 Å². The highest BCUT2D eigenvalue weighted by molar-refractivity contribution is 5.71. The van der Waals surface area contributed by atoms with Crippen LogP contribution in [-0.2, 0) is 28.6 Å². The maximum absolute atomic E-state index is 12.8. The summed E-state index contributed by atoms with van der Waals surface area (Å²) in [7, 11) is 0. The van der Waals surface area contributed by atoms with Crippen molar-refractivity contribution in [2.45, 2.75) is 271 Å². The van der Waals surface area contributed by atoms with Crippen LogP contribution < -0.4 is 0 Å². The van der Waals surface area contributed by atoms with E-state index in [1.165, 1.54) is 154 Å². The molecule has 6 nitrogen and oxygen atoms in total. The van der Waals surface area contributed by atoms with Crippen molar-refractivity contribution in [3.8, 4) is 0 Å². The molecule has 0 saturated heterocycles. The highest BCUT2D eigenvalue weighted by Crippen LogP contribution is 2.15. The summed E-state index contributed by atoms with van der Waals surface area (Å²) < 4.78 is 16.8. The molecule has 0 aromatic heterocycles. The summed E-state index contributed by atoms with van der Waals surface area (Å²) in [5, 5.41) is 0. The first-order chi connectivity index (χ1) is 32.0. The van der Waals surface area contributed by atoms with Crippen molar-refractivity contribution >= 4 is 17.9 Å². The molecule has 1 atom stereocenters. The number of allylic oxidation sites excluding steroid dienone is 12. The first-order valence-corrected chi connectivity index (χ1v) is 27.5. The Morgan fingerprint density at radius 2 is 0.615 bits per heavy atom. The van der Waals surface area contributed by atoms with E-state index >= 15 is 0 Å². The van der Waals surface area contributed by atoms with E-state index in [1.54, 1.807) is 0 Å². The van der Waals surface area contributed by atoms with Gasteiger partial charge in [0.25, 0.3) is 0 Å². The van der Waals surface area contributed by atoms with Gasteiger partial charge in [-0.1, -0.05) is 235 Å². The largest absolute Gasteiger partial charge is 0.462 e. The first-order valence-electron chi connectivity index (χ1n) is 27.5. The molecule has 374 valence electrons. The molecular weight excluding hydrogens is 805 g/mol. The zero-order valence-electron chi connectivity index (χ0n) is 42.7. The monoisotopic (exact) mass is 907 g/mol. The van der Waals surface area contributed by atoms with E-state index < -0.39 is 6.10 Å². The minimum atomic E-state index is -0.803. The van der Waals surface area contributed by atoms with E-state index in [-0.39, 0.29) is 37.5 Å². The van der Waals surface area contributed by atoms with Crippen molar-refractivity contribution < 1.29 is 28.6 Å². The van der Waals surface area contributed by atoms with Crippen LogP contribution in [0.2, 0.25) is 0 Å². The molecule has 0 N–H and O–H groups in total. The van der Waals surface area contributed by atoms with Gasteiger partial charge in [0.2, 0.25) is 0 Å². The number of hydrogen-bond donors (Lipinski definition) is 0. The van der Waals surface area contributed by atoms with Gasteiger partial charge in [0.15, 0.2) is 6.10 Å². The molecule has 0 radical (unpaired) electrons. The molecule has 0 spiro atoms. The van der Waals surface area contributed by atoms with Crippen LogP contribution in [0.15, 0.2) is 72.9 Å². The van der Waals surface area contributed by atoms with Crippen molar-refractivity contribution in [1.29, 1.82) is 0 Å². The summed E-state index contributed by atoms with van der Waals surface area (Å²) in [6.45, 7) is 6.54. The highest BCUT2D eigenvalue weighted by Gasteiger charge is 2.19. The van der Waals surface area contributed by atoms with E-state index in [0.717, 1.165) is 64.2 Å². The second-order valence-electron chi connectivity index (χ2n) is 18.2. The molecule has 0 aliphatic rings. The summed E-state index contributed by atoms with van der Waals surface area (Å²) in [6, 6.07) is 0. The van der Waals surface area contributed by atoms with Gasteiger partial charge in [-0.2, -0.15) is 0 Å². The fraction of sp³-hybridized carbons (Fsp3) is 0.746. The Kier molecular flexibility index (Phi) is 50.9. The van der Waals surface area contributed by atoms with Gasteiger partial charge >= 0.3 is 17.9 Å². The number of rotatable bonds is 49. The second kappa shape index (κ2) is 53.5. The van der Waals surface area contributed by atoms with Crippen LogP contribution in [0.4, 0.5) is 0 Å². The fourth-order valence-corrected chi connectivity index (χ4v) is 7.54. The van der Waals surface area contributed by atoms with E-state index in [0.29, 0.717) is 19.3 Å². The number of ether oxygens (including phenoxy) is 3. The third-order valence-corrected chi connectivity index (χ3v) is 11.7. The van der Waals surface area contributed by atoms with Crippen LogP contribution in [0.5, 0.6) is 0 Å². The van der Waals surface area contributed by atoms with Crippen LogP contribution in [0, 0.1) is 0 Å². The van der Waals surface area contributed by atoms with E-state index in [9.17, 15) is 14.4 Å². The van der Waals surface area contributed by atoms with Crippen molar-refractivity contribution in [2.75, 3.05) is 13.2 Å². The molecule has 65 heavy (non-hydrogen) atoms. The van der Waals surface area contributed by atoms with Gasteiger partial charge in [-0.05, 0) is 83.5 Å². The van der Waals surface area contributed by atoms with Gasteiger partial charge in [0, 0.05) is 19.3 Å². The molecule has 0 bridgehead atoms. The van der Waals surface area contributed by atoms with E-state index in [4.69, 9.17) is 14.2 Å². The third-order valence-electron chi connectivity index (χ3n) is 11.7. The predicted molar refractivity (Wildman–Crippen MR) is 279 cm³/mol. The molecule has 6 heteroatoms. The number of esters is 3. The highest BCUT2D eigenvalue weighted by atomic mass is 16.6. The zero-order chi connectivity index (χ0) is 47.2. The van der Waals surface area contributed by atoms with Gasteiger partial charge in [-0.15, -0.1) is 0 Å².